The Labute approximate surface area is 185 Å². The van der Waals surface area contributed by atoms with Crippen LogP contribution in [0, 0.1) is 6.92 Å². The molecule has 0 bridgehead atoms. The van der Waals surface area contributed by atoms with Crippen LogP contribution in [0.5, 0.6) is 0 Å². The van der Waals surface area contributed by atoms with Crippen LogP contribution in [0.1, 0.15) is 70.6 Å². The second-order valence-electron chi connectivity index (χ2n) is 7.41. The molecule has 1 amide bonds. The Kier molecular flexibility index (Phi) is 10.5. The molecule has 0 saturated carbocycles. The Morgan fingerprint density at radius 2 is 1.73 bits per heavy atom. The highest BCUT2D eigenvalue weighted by Crippen LogP contribution is 2.29. The molecule has 164 valence electrons. The number of hydrogen-bond donors (Lipinski definition) is 1. The van der Waals surface area contributed by atoms with Crippen LogP contribution in [0.25, 0.3) is 10.2 Å². The first kappa shape index (κ1) is 25.6. The molecule has 1 unspecified atom stereocenters. The minimum atomic E-state index is -0.536. The van der Waals surface area contributed by atoms with Crippen molar-refractivity contribution in [2.24, 2.45) is 0 Å². The highest BCUT2D eigenvalue weighted by molar-refractivity contribution is 7.18. The summed E-state index contributed by atoms with van der Waals surface area (Å²) in [5, 5.41) is 3.89. The van der Waals surface area contributed by atoms with Crippen molar-refractivity contribution in [3.63, 3.8) is 0 Å². The Bertz CT molecular complexity index is 880. The van der Waals surface area contributed by atoms with Gasteiger partial charge in [-0.25, -0.2) is 9.78 Å². The third-order valence-electron chi connectivity index (χ3n) is 3.82. The van der Waals surface area contributed by atoms with Gasteiger partial charge in [0, 0.05) is 0 Å². The van der Waals surface area contributed by atoms with Gasteiger partial charge in [0.15, 0.2) is 0 Å². The normalized spacial score (nSPS) is 11.5. The van der Waals surface area contributed by atoms with Crippen LogP contribution in [-0.2, 0) is 11.2 Å². The van der Waals surface area contributed by atoms with E-state index in [0.717, 1.165) is 20.8 Å². The number of carbonyl (C=O) groups excluding carboxylic acids is 1. The molecule has 1 atom stereocenters. The van der Waals surface area contributed by atoms with Crippen molar-refractivity contribution >= 4 is 27.6 Å². The van der Waals surface area contributed by atoms with E-state index < -0.39 is 11.7 Å². The fourth-order valence-electron chi connectivity index (χ4n) is 2.76. The van der Waals surface area contributed by atoms with Gasteiger partial charge in [0.25, 0.3) is 0 Å². The number of carbonyl (C=O) groups is 1. The monoisotopic (exact) mass is 428 g/mol. The standard InChI is InChI=1S/C21H24N2O2S.2C2H6/c1-14-8-7-9-15(12-14)13-17(23-20(24)25-21(2,3)4)19-22-16-10-5-6-11-18(16)26-19;2*1-2/h5-12,17H,13H2,1-4H3,(H,23,24);2*1-2H3. The van der Waals surface area contributed by atoms with Crippen LogP contribution in [-0.4, -0.2) is 16.7 Å². The minimum absolute atomic E-state index is 0.232. The van der Waals surface area contributed by atoms with Gasteiger partial charge in [-0.3, -0.25) is 0 Å². The molecule has 0 spiro atoms. The molecule has 30 heavy (non-hydrogen) atoms. The number of benzene rings is 2. The number of para-hydroxylation sites is 1. The maximum absolute atomic E-state index is 12.4. The second kappa shape index (κ2) is 12.3. The van der Waals surface area contributed by atoms with E-state index in [4.69, 9.17) is 9.72 Å². The van der Waals surface area contributed by atoms with Crippen molar-refractivity contribution in [3.05, 3.63) is 64.7 Å². The van der Waals surface area contributed by atoms with E-state index in [1.807, 2.05) is 78.8 Å². The molecule has 0 fully saturated rings. The molecule has 1 aromatic heterocycles. The molecule has 4 nitrogen and oxygen atoms in total. The molecule has 1 heterocycles. The van der Waals surface area contributed by atoms with Crippen molar-refractivity contribution in [2.75, 3.05) is 0 Å². The van der Waals surface area contributed by atoms with Gasteiger partial charge in [-0.2, -0.15) is 0 Å². The molecule has 0 radical (unpaired) electrons. The molecule has 3 rings (SSSR count). The van der Waals surface area contributed by atoms with E-state index in [0.29, 0.717) is 6.42 Å². The van der Waals surface area contributed by atoms with E-state index >= 15 is 0 Å². The van der Waals surface area contributed by atoms with E-state index in [-0.39, 0.29) is 6.04 Å². The van der Waals surface area contributed by atoms with Crippen molar-refractivity contribution < 1.29 is 9.53 Å². The number of ether oxygens (including phenoxy) is 1. The zero-order chi connectivity index (χ0) is 22.7. The van der Waals surface area contributed by atoms with Gasteiger partial charge in [-0.1, -0.05) is 69.7 Å². The summed E-state index contributed by atoms with van der Waals surface area (Å²) >= 11 is 1.61. The lowest BCUT2D eigenvalue weighted by molar-refractivity contribution is 0.0503. The summed E-state index contributed by atoms with van der Waals surface area (Å²) < 4.78 is 6.57. The molecule has 3 aromatic rings. The van der Waals surface area contributed by atoms with Gasteiger partial charge in [0.1, 0.15) is 10.6 Å². The summed E-state index contributed by atoms with van der Waals surface area (Å²) in [4.78, 5) is 17.1. The largest absolute Gasteiger partial charge is 0.444 e. The summed E-state index contributed by atoms with van der Waals surface area (Å²) in [6.45, 7) is 15.6. The van der Waals surface area contributed by atoms with Crippen LogP contribution in [0.3, 0.4) is 0 Å². The fraction of sp³-hybridized carbons (Fsp3) is 0.440. The van der Waals surface area contributed by atoms with Crippen molar-refractivity contribution in [1.82, 2.24) is 10.3 Å². The van der Waals surface area contributed by atoms with Crippen LogP contribution in [0.15, 0.2) is 48.5 Å². The Morgan fingerprint density at radius 1 is 1.07 bits per heavy atom. The summed E-state index contributed by atoms with van der Waals surface area (Å²) in [5.41, 5.74) is 2.77. The minimum Gasteiger partial charge on any atom is -0.444 e. The third kappa shape index (κ3) is 8.15. The lowest BCUT2D eigenvalue weighted by Gasteiger charge is -2.23. The van der Waals surface area contributed by atoms with Gasteiger partial charge < -0.3 is 10.1 Å². The van der Waals surface area contributed by atoms with Crippen LogP contribution < -0.4 is 5.32 Å². The van der Waals surface area contributed by atoms with Gasteiger partial charge in [-0.15, -0.1) is 11.3 Å². The van der Waals surface area contributed by atoms with E-state index in [2.05, 4.69) is 30.4 Å². The number of alkyl carbamates (subject to hydrolysis) is 1. The zero-order valence-electron chi connectivity index (χ0n) is 19.6. The lowest BCUT2D eigenvalue weighted by Crippen LogP contribution is -2.35. The lowest BCUT2D eigenvalue weighted by atomic mass is 10.0. The summed E-state index contributed by atoms with van der Waals surface area (Å²) in [6, 6.07) is 16.1. The maximum atomic E-state index is 12.4. The van der Waals surface area contributed by atoms with Gasteiger partial charge in [-0.05, 0) is 51.8 Å². The number of rotatable bonds is 4. The van der Waals surface area contributed by atoms with E-state index in [9.17, 15) is 4.79 Å². The highest BCUT2D eigenvalue weighted by atomic mass is 32.1. The number of nitrogens with zero attached hydrogens (tertiary/aromatic N) is 1. The molecule has 5 heteroatoms. The van der Waals surface area contributed by atoms with E-state index in [1.165, 1.54) is 5.56 Å². The smallest absolute Gasteiger partial charge is 0.408 e. The first-order chi connectivity index (χ1) is 14.3. The summed E-state index contributed by atoms with van der Waals surface area (Å²) in [5.74, 6) is 0. The van der Waals surface area contributed by atoms with Gasteiger partial charge >= 0.3 is 6.09 Å². The molecule has 1 N–H and O–H groups in total. The highest BCUT2D eigenvalue weighted by Gasteiger charge is 2.23. The SMILES string of the molecule is CC.CC.Cc1cccc(CC(NC(=O)OC(C)(C)C)c2nc3ccccc3s2)c1. The average molecular weight is 429 g/mol. The first-order valence-electron chi connectivity index (χ1n) is 10.7. The third-order valence-corrected chi connectivity index (χ3v) is 4.97. The molecule has 0 aliphatic carbocycles. The number of nitrogens with one attached hydrogen (secondary N) is 1. The molecular weight excluding hydrogens is 392 g/mol. The molecule has 0 aliphatic rings. The maximum Gasteiger partial charge on any atom is 0.408 e. The summed E-state index contributed by atoms with van der Waals surface area (Å²) in [6.07, 6.45) is 0.246. The van der Waals surface area contributed by atoms with Crippen LogP contribution >= 0.6 is 11.3 Å². The van der Waals surface area contributed by atoms with Crippen molar-refractivity contribution in [3.8, 4) is 0 Å². The predicted molar refractivity (Wildman–Crippen MR) is 129 cm³/mol. The predicted octanol–water partition coefficient (Wildman–Crippen LogP) is 7.47. The van der Waals surface area contributed by atoms with Crippen LogP contribution in [0.2, 0.25) is 0 Å². The second-order valence-corrected chi connectivity index (χ2v) is 8.47. The quantitative estimate of drug-likeness (QED) is 0.469. The van der Waals surface area contributed by atoms with Crippen molar-refractivity contribution in [2.45, 2.75) is 73.5 Å². The molecular formula is C25H36N2O2S. The molecule has 2 aromatic carbocycles. The number of hydrogen-bond acceptors (Lipinski definition) is 4. The number of amides is 1. The molecule has 0 saturated heterocycles. The van der Waals surface area contributed by atoms with Crippen LogP contribution in [0.4, 0.5) is 4.79 Å². The first-order valence-corrected chi connectivity index (χ1v) is 11.5. The zero-order valence-corrected chi connectivity index (χ0v) is 20.4. The average Bonchev–Trinajstić information content (AvgIpc) is 3.13. The Hall–Kier alpha value is -2.40. The number of aryl methyl sites for hydroxylation is 1. The number of aromatic nitrogens is 1. The van der Waals surface area contributed by atoms with E-state index in [1.54, 1.807) is 11.3 Å². The Balaban J connectivity index is 0.00000106. The fourth-order valence-corrected chi connectivity index (χ4v) is 3.78. The van der Waals surface area contributed by atoms with Gasteiger partial charge in [0.2, 0.25) is 0 Å². The summed E-state index contributed by atoms with van der Waals surface area (Å²) in [7, 11) is 0. The number of thiazole rings is 1. The topological polar surface area (TPSA) is 51.2 Å². The number of fused-ring (bicyclic) bond motifs is 1. The molecule has 0 aliphatic heterocycles. The van der Waals surface area contributed by atoms with Crippen molar-refractivity contribution in [1.29, 1.82) is 0 Å². The Morgan fingerprint density at radius 3 is 2.33 bits per heavy atom. The van der Waals surface area contributed by atoms with Gasteiger partial charge in [0.05, 0.1) is 16.3 Å².